The number of hydrogen-bond donors (Lipinski definition) is 1. The van der Waals surface area contributed by atoms with Gasteiger partial charge in [-0.15, -0.1) is 0 Å². The molecule has 2 N–H and O–H groups in total. The van der Waals surface area contributed by atoms with E-state index in [1.807, 2.05) is 19.1 Å². The lowest BCUT2D eigenvalue weighted by atomic mass is 10.0. The van der Waals surface area contributed by atoms with Gasteiger partial charge in [0.2, 0.25) is 0 Å². The third-order valence-electron chi connectivity index (χ3n) is 3.98. The Morgan fingerprint density at radius 3 is 2.91 bits per heavy atom. The first-order chi connectivity index (χ1) is 11.0. The molecule has 1 fully saturated rings. The van der Waals surface area contributed by atoms with Gasteiger partial charge in [-0.2, -0.15) is 0 Å². The molecule has 5 nitrogen and oxygen atoms in total. The number of aliphatic imine (C=N–C) groups is 1. The number of halogens is 1. The molecule has 0 amide bonds. The van der Waals surface area contributed by atoms with E-state index in [1.165, 1.54) is 12.8 Å². The maximum atomic E-state index is 6.28. The van der Waals surface area contributed by atoms with Gasteiger partial charge in [0.1, 0.15) is 0 Å². The molecule has 0 spiro atoms. The van der Waals surface area contributed by atoms with Crippen molar-refractivity contribution in [1.29, 1.82) is 0 Å². The summed E-state index contributed by atoms with van der Waals surface area (Å²) in [5.41, 5.74) is 7.08. The number of rotatable bonds is 5. The lowest BCUT2D eigenvalue weighted by Gasteiger charge is -2.31. The summed E-state index contributed by atoms with van der Waals surface area (Å²) >= 11 is 6.28. The van der Waals surface area contributed by atoms with Gasteiger partial charge in [-0.3, -0.25) is 0 Å². The number of ether oxygens (including phenoxy) is 2. The van der Waals surface area contributed by atoms with E-state index in [1.54, 1.807) is 7.11 Å². The van der Waals surface area contributed by atoms with Crippen molar-refractivity contribution >= 4 is 17.6 Å². The molecule has 1 aromatic rings. The first kappa shape index (κ1) is 17.7. The molecule has 1 aliphatic rings. The Balaban J connectivity index is 2.10. The highest BCUT2D eigenvalue weighted by atomic mass is 35.5. The van der Waals surface area contributed by atoms with Gasteiger partial charge in [0.15, 0.2) is 17.5 Å². The molecule has 1 heterocycles. The van der Waals surface area contributed by atoms with Gasteiger partial charge < -0.3 is 20.1 Å². The first-order valence-corrected chi connectivity index (χ1v) is 8.47. The highest BCUT2D eigenvalue weighted by Gasteiger charge is 2.17. The van der Waals surface area contributed by atoms with E-state index in [4.69, 9.17) is 26.8 Å². The topological polar surface area (TPSA) is 60.1 Å². The van der Waals surface area contributed by atoms with E-state index >= 15 is 0 Å². The maximum Gasteiger partial charge on any atom is 0.191 e. The second-order valence-electron chi connectivity index (χ2n) is 5.91. The smallest absolute Gasteiger partial charge is 0.191 e. The van der Waals surface area contributed by atoms with Gasteiger partial charge in [0, 0.05) is 13.1 Å². The molecule has 1 unspecified atom stereocenters. The molecule has 1 aliphatic heterocycles. The van der Waals surface area contributed by atoms with Gasteiger partial charge in [0.25, 0.3) is 0 Å². The molecule has 0 radical (unpaired) electrons. The van der Waals surface area contributed by atoms with Gasteiger partial charge in [0.05, 0.1) is 25.3 Å². The van der Waals surface area contributed by atoms with E-state index in [2.05, 4.69) is 16.8 Å². The summed E-state index contributed by atoms with van der Waals surface area (Å²) in [6.45, 7) is 7.12. The molecule has 6 heteroatoms. The van der Waals surface area contributed by atoms with Crippen molar-refractivity contribution < 1.29 is 9.47 Å². The summed E-state index contributed by atoms with van der Waals surface area (Å²) in [6, 6.07) is 3.75. The van der Waals surface area contributed by atoms with Crippen molar-refractivity contribution in [2.75, 3.05) is 26.8 Å². The number of likely N-dealkylation sites (tertiary alicyclic amines) is 1. The van der Waals surface area contributed by atoms with Gasteiger partial charge in [-0.25, -0.2) is 4.99 Å². The van der Waals surface area contributed by atoms with Crippen LogP contribution in [0, 0.1) is 5.92 Å². The molecular formula is C17H26ClN3O2. The fraction of sp³-hybridized carbons (Fsp3) is 0.588. The molecule has 0 aliphatic carbocycles. The lowest BCUT2D eigenvalue weighted by Crippen LogP contribution is -2.43. The molecule has 1 aromatic carbocycles. The predicted molar refractivity (Wildman–Crippen MR) is 94.5 cm³/mol. The molecule has 1 saturated heterocycles. The fourth-order valence-electron chi connectivity index (χ4n) is 2.82. The number of hydrogen-bond acceptors (Lipinski definition) is 3. The van der Waals surface area contributed by atoms with E-state index in [9.17, 15) is 0 Å². The first-order valence-electron chi connectivity index (χ1n) is 8.09. The summed E-state index contributed by atoms with van der Waals surface area (Å²) < 4.78 is 10.9. The lowest BCUT2D eigenvalue weighted by molar-refractivity contribution is 0.270. The van der Waals surface area contributed by atoms with Crippen LogP contribution < -0.4 is 15.2 Å². The van der Waals surface area contributed by atoms with Crippen LogP contribution >= 0.6 is 11.6 Å². The van der Waals surface area contributed by atoms with E-state index < -0.39 is 0 Å². The summed E-state index contributed by atoms with van der Waals surface area (Å²) in [4.78, 5) is 6.66. The van der Waals surface area contributed by atoms with Crippen LogP contribution in [0.4, 0.5) is 0 Å². The van der Waals surface area contributed by atoms with Crippen LogP contribution in [-0.4, -0.2) is 37.7 Å². The number of nitrogens with two attached hydrogens (primary N) is 1. The minimum absolute atomic E-state index is 0.471. The average Bonchev–Trinajstić information content (AvgIpc) is 2.54. The molecule has 0 aromatic heterocycles. The van der Waals surface area contributed by atoms with Crippen molar-refractivity contribution in [2.24, 2.45) is 16.6 Å². The SMILES string of the molecule is CCOc1c(Cl)cc(CN=C(N)N2CCCC(C)C2)cc1OC. The average molecular weight is 340 g/mol. The molecule has 1 atom stereocenters. The largest absolute Gasteiger partial charge is 0.493 e. The van der Waals surface area contributed by atoms with Crippen LogP contribution in [0.5, 0.6) is 11.5 Å². The Bertz CT molecular complexity index is 563. The second-order valence-corrected chi connectivity index (χ2v) is 6.32. The second kappa shape index (κ2) is 8.29. The molecule has 128 valence electrons. The van der Waals surface area contributed by atoms with Crippen molar-refractivity contribution in [3.05, 3.63) is 22.7 Å². The normalized spacial score (nSPS) is 18.9. The Hall–Kier alpha value is -1.62. The minimum atomic E-state index is 0.471. The Morgan fingerprint density at radius 2 is 2.26 bits per heavy atom. The Kier molecular flexibility index (Phi) is 6.39. The number of benzene rings is 1. The molecular weight excluding hydrogens is 314 g/mol. The van der Waals surface area contributed by atoms with E-state index in [0.29, 0.717) is 41.6 Å². The Morgan fingerprint density at radius 1 is 1.48 bits per heavy atom. The van der Waals surface area contributed by atoms with Crippen molar-refractivity contribution in [3.63, 3.8) is 0 Å². The van der Waals surface area contributed by atoms with Crippen molar-refractivity contribution in [3.8, 4) is 11.5 Å². The zero-order valence-electron chi connectivity index (χ0n) is 14.1. The summed E-state index contributed by atoms with van der Waals surface area (Å²) in [6.07, 6.45) is 2.43. The van der Waals surface area contributed by atoms with E-state index in [0.717, 1.165) is 18.7 Å². The minimum Gasteiger partial charge on any atom is -0.493 e. The number of nitrogens with zero attached hydrogens (tertiary/aromatic N) is 2. The Labute approximate surface area is 143 Å². The monoisotopic (exact) mass is 339 g/mol. The molecule has 0 bridgehead atoms. The predicted octanol–water partition coefficient (Wildman–Crippen LogP) is 3.29. The highest BCUT2D eigenvalue weighted by molar-refractivity contribution is 6.32. The quantitative estimate of drug-likeness (QED) is 0.660. The zero-order chi connectivity index (χ0) is 16.8. The number of guanidine groups is 1. The van der Waals surface area contributed by atoms with Gasteiger partial charge in [-0.05, 0) is 43.4 Å². The summed E-state index contributed by atoms with van der Waals surface area (Å²) in [7, 11) is 1.60. The summed E-state index contributed by atoms with van der Waals surface area (Å²) in [5.74, 6) is 2.45. The number of methoxy groups -OCH3 is 1. The van der Waals surface area contributed by atoms with Crippen molar-refractivity contribution in [1.82, 2.24) is 4.90 Å². The van der Waals surface area contributed by atoms with Crippen LogP contribution in [-0.2, 0) is 6.54 Å². The van der Waals surface area contributed by atoms with Gasteiger partial charge in [-0.1, -0.05) is 18.5 Å². The summed E-state index contributed by atoms with van der Waals surface area (Å²) in [5, 5.41) is 0.529. The van der Waals surface area contributed by atoms with Crippen molar-refractivity contribution in [2.45, 2.75) is 33.2 Å². The van der Waals surface area contributed by atoms with Crippen LogP contribution in [0.2, 0.25) is 5.02 Å². The molecule has 2 rings (SSSR count). The van der Waals surface area contributed by atoms with Crippen LogP contribution in [0.25, 0.3) is 0 Å². The number of piperidine rings is 1. The van der Waals surface area contributed by atoms with Gasteiger partial charge >= 0.3 is 0 Å². The molecule has 23 heavy (non-hydrogen) atoms. The third kappa shape index (κ3) is 4.67. The molecule has 0 saturated carbocycles. The zero-order valence-corrected chi connectivity index (χ0v) is 14.9. The fourth-order valence-corrected chi connectivity index (χ4v) is 3.11. The standard InChI is InChI=1S/C17H26ClN3O2/c1-4-23-16-14(18)8-13(9-15(16)22-3)10-20-17(19)21-7-5-6-12(2)11-21/h8-9,12H,4-7,10-11H2,1-3H3,(H2,19,20). The third-order valence-corrected chi connectivity index (χ3v) is 4.26. The maximum absolute atomic E-state index is 6.28. The van der Waals surface area contributed by atoms with Crippen LogP contribution in [0.3, 0.4) is 0 Å². The van der Waals surface area contributed by atoms with Crippen LogP contribution in [0.1, 0.15) is 32.3 Å². The van der Waals surface area contributed by atoms with Crippen LogP contribution in [0.15, 0.2) is 17.1 Å². The van der Waals surface area contributed by atoms with E-state index in [-0.39, 0.29) is 0 Å². The highest BCUT2D eigenvalue weighted by Crippen LogP contribution is 2.36.